The molecule has 2 aromatic carbocycles. The lowest BCUT2D eigenvalue weighted by atomic mass is 9.77. The van der Waals surface area contributed by atoms with Gasteiger partial charge in [0.15, 0.2) is 0 Å². The Morgan fingerprint density at radius 1 is 0.973 bits per heavy atom. The number of fused-ring (bicyclic) bond motifs is 1. The molecule has 0 saturated heterocycles. The minimum absolute atomic E-state index is 0.0806. The van der Waals surface area contributed by atoms with E-state index < -0.39 is 11.7 Å². The van der Waals surface area contributed by atoms with Gasteiger partial charge in [-0.2, -0.15) is 0 Å². The quantitative estimate of drug-likeness (QED) is 0.290. The number of anilines is 1. The van der Waals surface area contributed by atoms with E-state index in [0.29, 0.717) is 30.5 Å². The molecule has 1 saturated carbocycles. The summed E-state index contributed by atoms with van der Waals surface area (Å²) in [6.45, 7) is 2.29. The van der Waals surface area contributed by atoms with Gasteiger partial charge in [0.1, 0.15) is 17.2 Å². The summed E-state index contributed by atoms with van der Waals surface area (Å²) in [5.74, 6) is -0.0935. The third-order valence-corrected chi connectivity index (χ3v) is 7.13. The minimum Gasteiger partial charge on any atom is -0.466 e. The zero-order chi connectivity index (χ0) is 25.8. The van der Waals surface area contributed by atoms with Gasteiger partial charge in [-0.3, -0.25) is 9.59 Å². The number of hydrogen-bond acceptors (Lipinski definition) is 4. The molecule has 0 radical (unpaired) electrons. The molecule has 0 unspecified atom stereocenters. The summed E-state index contributed by atoms with van der Waals surface area (Å²) in [6.07, 6.45) is 8.40. The van der Waals surface area contributed by atoms with Gasteiger partial charge in [0.05, 0.1) is 12.3 Å². The van der Waals surface area contributed by atoms with E-state index in [0.717, 1.165) is 36.8 Å². The number of amides is 1. The number of rotatable bonds is 7. The summed E-state index contributed by atoms with van der Waals surface area (Å²) in [6, 6.07) is 18.5. The monoisotopic (exact) mass is 499 g/mol. The summed E-state index contributed by atoms with van der Waals surface area (Å²) in [5.41, 5.74) is 4.39. The van der Waals surface area contributed by atoms with Crippen molar-refractivity contribution in [2.45, 2.75) is 44.9 Å². The maximum absolute atomic E-state index is 13.9. The Balaban J connectivity index is 1.24. The van der Waals surface area contributed by atoms with Crippen LogP contribution in [0.3, 0.4) is 0 Å². The first-order valence-corrected chi connectivity index (χ1v) is 12.8. The predicted molar refractivity (Wildman–Crippen MR) is 141 cm³/mol. The molecule has 190 valence electrons. The van der Waals surface area contributed by atoms with Gasteiger partial charge in [0.2, 0.25) is 0 Å². The standard InChI is InChI=1S/C30H30FN3O3/c1-2-37-29(35)17-20-7-9-21(10-8-20)22-11-13-23(14-12-22)24-15-16-28-32-27(19-34(28)18-24)30(36)33-26-6-4-3-5-25(26)31/h3-6,11-16,18-21H,2,7-10,17H2,1H3,(H,33,36)/t20-,21-. The first-order chi connectivity index (χ1) is 18.0. The number of carbonyl (C=O) groups excluding carboxylic acids is 2. The zero-order valence-corrected chi connectivity index (χ0v) is 20.8. The van der Waals surface area contributed by atoms with Crippen molar-refractivity contribution in [2.75, 3.05) is 11.9 Å². The van der Waals surface area contributed by atoms with Gasteiger partial charge in [-0.05, 0) is 85.4 Å². The first-order valence-electron chi connectivity index (χ1n) is 12.8. The topological polar surface area (TPSA) is 72.7 Å². The Hall–Kier alpha value is -4.00. The highest BCUT2D eigenvalue weighted by Crippen LogP contribution is 2.37. The number of aromatic nitrogens is 2. The molecule has 0 spiro atoms. The number of nitrogens with zero attached hydrogens (tertiary/aromatic N) is 2. The Kier molecular flexibility index (Phi) is 7.30. The van der Waals surface area contributed by atoms with Crippen molar-refractivity contribution < 1.29 is 18.7 Å². The van der Waals surface area contributed by atoms with E-state index in [1.54, 1.807) is 18.3 Å². The molecule has 1 amide bonds. The number of imidazole rings is 1. The van der Waals surface area contributed by atoms with E-state index in [4.69, 9.17) is 4.74 Å². The van der Waals surface area contributed by atoms with Gasteiger partial charge in [-0.25, -0.2) is 9.37 Å². The number of benzene rings is 2. The average molecular weight is 500 g/mol. The molecule has 6 nitrogen and oxygen atoms in total. The van der Waals surface area contributed by atoms with Crippen molar-refractivity contribution in [1.29, 1.82) is 0 Å². The van der Waals surface area contributed by atoms with Crippen molar-refractivity contribution in [2.24, 2.45) is 5.92 Å². The molecular formula is C30H30FN3O3. The molecule has 1 fully saturated rings. The molecule has 37 heavy (non-hydrogen) atoms. The van der Waals surface area contributed by atoms with Crippen LogP contribution in [0.15, 0.2) is 73.1 Å². The second kappa shape index (κ2) is 10.9. The van der Waals surface area contributed by atoms with E-state index in [1.165, 1.54) is 17.7 Å². The number of carbonyl (C=O) groups is 2. The minimum atomic E-state index is -0.491. The van der Waals surface area contributed by atoms with Crippen LogP contribution in [0, 0.1) is 11.7 Å². The highest BCUT2D eigenvalue weighted by molar-refractivity contribution is 6.03. The van der Waals surface area contributed by atoms with Crippen molar-refractivity contribution in [3.8, 4) is 11.1 Å². The highest BCUT2D eigenvalue weighted by atomic mass is 19.1. The normalized spacial score (nSPS) is 17.5. The fraction of sp³-hybridized carbons (Fsp3) is 0.300. The molecule has 7 heteroatoms. The third-order valence-electron chi connectivity index (χ3n) is 7.13. The van der Waals surface area contributed by atoms with Gasteiger partial charge in [0, 0.05) is 18.8 Å². The van der Waals surface area contributed by atoms with Crippen LogP contribution in [-0.4, -0.2) is 27.9 Å². The summed E-state index contributed by atoms with van der Waals surface area (Å²) in [7, 11) is 0. The molecular weight excluding hydrogens is 469 g/mol. The Morgan fingerprint density at radius 3 is 2.43 bits per heavy atom. The fourth-order valence-electron chi connectivity index (χ4n) is 5.12. The molecule has 1 aliphatic rings. The summed E-state index contributed by atoms with van der Waals surface area (Å²) >= 11 is 0. The highest BCUT2D eigenvalue weighted by Gasteiger charge is 2.24. The van der Waals surface area contributed by atoms with Crippen LogP contribution in [0.2, 0.25) is 0 Å². The lowest BCUT2D eigenvalue weighted by Gasteiger charge is -2.28. The largest absolute Gasteiger partial charge is 0.466 e. The smallest absolute Gasteiger partial charge is 0.306 e. The molecule has 1 N–H and O–H groups in total. The first kappa shape index (κ1) is 24.7. The molecule has 0 bridgehead atoms. The number of para-hydroxylation sites is 1. The van der Waals surface area contributed by atoms with Crippen molar-refractivity contribution in [3.05, 3.63) is 90.1 Å². The molecule has 2 heterocycles. The van der Waals surface area contributed by atoms with Crippen LogP contribution >= 0.6 is 0 Å². The number of halogens is 1. The van der Waals surface area contributed by atoms with Crippen molar-refractivity contribution in [1.82, 2.24) is 9.38 Å². The van der Waals surface area contributed by atoms with Gasteiger partial charge >= 0.3 is 5.97 Å². The predicted octanol–water partition coefficient (Wildman–Crippen LogP) is 6.62. The van der Waals surface area contributed by atoms with Gasteiger partial charge in [-0.15, -0.1) is 0 Å². The van der Waals surface area contributed by atoms with Gasteiger partial charge < -0.3 is 14.5 Å². The number of ether oxygens (including phenoxy) is 1. The van der Waals surface area contributed by atoms with E-state index >= 15 is 0 Å². The second-order valence-electron chi connectivity index (χ2n) is 9.59. The zero-order valence-electron chi connectivity index (χ0n) is 20.8. The van der Waals surface area contributed by atoms with Gasteiger partial charge in [-0.1, -0.05) is 36.4 Å². The van der Waals surface area contributed by atoms with Crippen LogP contribution in [0.4, 0.5) is 10.1 Å². The summed E-state index contributed by atoms with van der Waals surface area (Å²) in [4.78, 5) is 28.8. The molecule has 1 aliphatic carbocycles. The number of esters is 1. The van der Waals surface area contributed by atoms with Crippen molar-refractivity contribution >= 4 is 23.2 Å². The number of hydrogen-bond donors (Lipinski definition) is 1. The molecule has 5 rings (SSSR count). The Morgan fingerprint density at radius 2 is 1.70 bits per heavy atom. The maximum Gasteiger partial charge on any atom is 0.306 e. The molecule has 0 aliphatic heterocycles. The summed E-state index contributed by atoms with van der Waals surface area (Å²) < 4.78 is 20.8. The van der Waals surface area contributed by atoms with E-state index in [2.05, 4.69) is 34.6 Å². The Labute approximate surface area is 215 Å². The molecule has 4 aromatic rings. The average Bonchev–Trinajstić information content (AvgIpc) is 3.34. The fourth-order valence-corrected chi connectivity index (χ4v) is 5.12. The number of nitrogens with one attached hydrogen (secondary N) is 1. The second-order valence-corrected chi connectivity index (χ2v) is 9.59. The lowest BCUT2D eigenvalue weighted by Crippen LogP contribution is -2.17. The summed E-state index contributed by atoms with van der Waals surface area (Å²) in [5, 5.41) is 2.58. The van der Waals surface area contributed by atoms with Crippen LogP contribution in [0.1, 0.15) is 61.0 Å². The van der Waals surface area contributed by atoms with E-state index in [1.807, 2.05) is 29.7 Å². The van der Waals surface area contributed by atoms with Gasteiger partial charge in [0.25, 0.3) is 5.91 Å². The third kappa shape index (κ3) is 5.71. The maximum atomic E-state index is 13.9. The van der Waals surface area contributed by atoms with E-state index in [9.17, 15) is 14.0 Å². The van der Waals surface area contributed by atoms with Crippen LogP contribution < -0.4 is 5.32 Å². The Bertz CT molecular complexity index is 1410. The SMILES string of the molecule is CCOC(=O)C[C@H]1CC[C@H](c2ccc(-c3ccc4nc(C(=O)Nc5ccccc5F)cn4c3)cc2)CC1. The molecule has 0 atom stereocenters. The van der Waals surface area contributed by atoms with Crippen LogP contribution in [-0.2, 0) is 9.53 Å². The number of pyridine rings is 1. The molecule has 2 aromatic heterocycles. The van der Waals surface area contributed by atoms with E-state index in [-0.39, 0.29) is 17.4 Å². The van der Waals surface area contributed by atoms with Crippen molar-refractivity contribution in [3.63, 3.8) is 0 Å². The van der Waals surface area contributed by atoms with Crippen LogP contribution in [0.5, 0.6) is 0 Å². The van der Waals surface area contributed by atoms with Crippen LogP contribution in [0.25, 0.3) is 16.8 Å². The lowest BCUT2D eigenvalue weighted by molar-refractivity contribution is -0.144.